The number of hydrogen-bond acceptors (Lipinski definition) is 6. The van der Waals surface area contributed by atoms with E-state index in [0.29, 0.717) is 31.1 Å². The van der Waals surface area contributed by atoms with Crippen LogP contribution in [0, 0.1) is 0 Å². The molecule has 3 rings (SSSR count). The van der Waals surface area contributed by atoms with E-state index in [9.17, 15) is 4.79 Å². The second-order valence-electron chi connectivity index (χ2n) is 5.14. The number of aromatic nitrogens is 2. The number of nitrogens with zero attached hydrogens (tertiary/aromatic N) is 2. The number of thioether (sulfide) groups is 1. The van der Waals surface area contributed by atoms with E-state index in [4.69, 9.17) is 4.52 Å². The van der Waals surface area contributed by atoms with Crippen LogP contribution in [0.1, 0.15) is 12.3 Å². The van der Waals surface area contributed by atoms with Crippen LogP contribution in [0.15, 0.2) is 55.7 Å². The molecule has 0 radical (unpaired) electrons. The molecule has 0 aliphatic rings. The molecular weight excluding hydrogens is 422 g/mol. The Bertz CT molecular complexity index is 804. The molecule has 0 bridgehead atoms. The van der Waals surface area contributed by atoms with E-state index in [1.54, 1.807) is 23.1 Å². The van der Waals surface area contributed by atoms with Crippen LogP contribution in [0.5, 0.6) is 0 Å². The highest BCUT2D eigenvalue weighted by atomic mass is 79.9. The zero-order valence-corrected chi connectivity index (χ0v) is 16.5. The lowest BCUT2D eigenvalue weighted by molar-refractivity contribution is -0.121. The van der Waals surface area contributed by atoms with Gasteiger partial charge >= 0.3 is 0 Å². The molecule has 0 saturated carbocycles. The Morgan fingerprint density at radius 2 is 2.12 bits per heavy atom. The van der Waals surface area contributed by atoms with Crippen molar-refractivity contribution in [2.75, 3.05) is 12.3 Å². The van der Waals surface area contributed by atoms with Gasteiger partial charge in [-0.3, -0.25) is 4.79 Å². The topological polar surface area (TPSA) is 68.0 Å². The lowest BCUT2D eigenvalue weighted by atomic mass is 10.3. The molecule has 0 spiro atoms. The van der Waals surface area contributed by atoms with Gasteiger partial charge in [0.15, 0.2) is 0 Å². The van der Waals surface area contributed by atoms with Crippen molar-refractivity contribution in [1.82, 2.24) is 15.5 Å². The van der Waals surface area contributed by atoms with Gasteiger partial charge in [0.05, 0.1) is 4.88 Å². The lowest BCUT2D eigenvalue weighted by Gasteiger charge is -2.04. The summed E-state index contributed by atoms with van der Waals surface area (Å²) in [6.07, 6.45) is 0.791. The number of aryl methyl sites for hydroxylation is 1. The number of hydrogen-bond donors (Lipinski definition) is 1. The third kappa shape index (κ3) is 5.69. The highest BCUT2D eigenvalue weighted by Crippen LogP contribution is 2.22. The first-order chi connectivity index (χ1) is 12.2. The second-order valence-corrected chi connectivity index (χ2v) is 8.17. The first-order valence-electron chi connectivity index (χ1n) is 7.72. The van der Waals surface area contributed by atoms with E-state index in [2.05, 4.69) is 43.5 Å². The highest BCUT2D eigenvalue weighted by Gasteiger charge is 2.11. The summed E-state index contributed by atoms with van der Waals surface area (Å²) >= 11 is 6.68. The Morgan fingerprint density at radius 1 is 1.28 bits per heavy atom. The first kappa shape index (κ1) is 18.2. The van der Waals surface area contributed by atoms with E-state index >= 15 is 0 Å². The number of halogens is 1. The summed E-state index contributed by atoms with van der Waals surface area (Å²) in [4.78, 5) is 18.4. The van der Waals surface area contributed by atoms with Crippen molar-refractivity contribution in [1.29, 1.82) is 0 Å². The Morgan fingerprint density at radius 3 is 2.88 bits per heavy atom. The minimum absolute atomic E-state index is 0.00715. The number of thiophene rings is 1. The van der Waals surface area contributed by atoms with Gasteiger partial charge in [-0.05, 0) is 35.7 Å². The predicted octanol–water partition coefficient (Wildman–Crippen LogP) is 4.40. The van der Waals surface area contributed by atoms with Crippen LogP contribution in [-0.2, 0) is 11.2 Å². The summed E-state index contributed by atoms with van der Waals surface area (Å²) in [6.45, 7) is 0.629. The number of rotatable bonds is 8. The molecule has 2 aromatic heterocycles. The van der Waals surface area contributed by atoms with Crippen molar-refractivity contribution < 1.29 is 9.32 Å². The molecule has 2 heterocycles. The summed E-state index contributed by atoms with van der Waals surface area (Å²) in [5, 5.41) is 8.81. The zero-order chi connectivity index (χ0) is 17.5. The van der Waals surface area contributed by atoms with Gasteiger partial charge in [-0.25, -0.2) is 0 Å². The highest BCUT2D eigenvalue weighted by molar-refractivity contribution is 9.10. The van der Waals surface area contributed by atoms with Crippen LogP contribution >= 0.6 is 39.0 Å². The smallest absolute Gasteiger partial charge is 0.227 e. The van der Waals surface area contributed by atoms with Crippen molar-refractivity contribution in [3.8, 4) is 10.7 Å². The number of nitrogens with one attached hydrogen (secondary N) is 1. The fraction of sp³-hybridized carbons (Fsp3) is 0.235. The van der Waals surface area contributed by atoms with Crippen molar-refractivity contribution in [2.45, 2.75) is 17.7 Å². The quantitative estimate of drug-likeness (QED) is 0.417. The minimum atomic E-state index is -0.00715. The molecule has 0 aliphatic carbocycles. The monoisotopic (exact) mass is 437 g/mol. The van der Waals surface area contributed by atoms with Gasteiger partial charge in [0.1, 0.15) is 0 Å². The maximum Gasteiger partial charge on any atom is 0.227 e. The van der Waals surface area contributed by atoms with E-state index in [1.165, 1.54) is 4.90 Å². The lowest BCUT2D eigenvalue weighted by Crippen LogP contribution is -2.25. The third-order valence-corrected chi connectivity index (χ3v) is 5.69. The van der Waals surface area contributed by atoms with Gasteiger partial charge in [0.2, 0.25) is 17.6 Å². The Kier molecular flexibility index (Phi) is 6.66. The standard InChI is InChI=1S/C17H16BrN3O2S2/c18-12-3-5-13(6-4-12)24-11-9-19-15(22)7-8-16-20-17(21-23-16)14-2-1-10-25-14/h1-6,10H,7-9,11H2,(H,19,22). The summed E-state index contributed by atoms with van der Waals surface area (Å²) in [7, 11) is 0. The molecule has 5 nitrogen and oxygen atoms in total. The van der Waals surface area contributed by atoms with Crippen LogP contribution in [0.4, 0.5) is 0 Å². The third-order valence-electron chi connectivity index (χ3n) is 3.28. The Hall–Kier alpha value is -1.64. The summed E-state index contributed by atoms with van der Waals surface area (Å²) in [5.41, 5.74) is 0. The molecule has 130 valence electrons. The zero-order valence-electron chi connectivity index (χ0n) is 13.3. The fourth-order valence-corrected chi connectivity index (χ4v) is 3.74. The molecule has 1 amide bonds. The second kappa shape index (κ2) is 9.17. The molecule has 8 heteroatoms. The van der Waals surface area contributed by atoms with Gasteiger partial charge in [-0.1, -0.05) is 27.2 Å². The van der Waals surface area contributed by atoms with Gasteiger partial charge in [-0.2, -0.15) is 4.98 Å². The van der Waals surface area contributed by atoms with Crippen LogP contribution < -0.4 is 5.32 Å². The number of amides is 1. The summed E-state index contributed by atoms with van der Waals surface area (Å²) in [5.74, 6) is 1.89. The summed E-state index contributed by atoms with van der Waals surface area (Å²) in [6, 6.07) is 12.0. The maximum absolute atomic E-state index is 11.9. The van der Waals surface area contributed by atoms with Crippen LogP contribution in [-0.4, -0.2) is 28.3 Å². The van der Waals surface area contributed by atoms with Crippen LogP contribution in [0.3, 0.4) is 0 Å². The summed E-state index contributed by atoms with van der Waals surface area (Å²) < 4.78 is 6.25. The van der Waals surface area contributed by atoms with Crippen molar-refractivity contribution in [3.05, 3.63) is 52.1 Å². The Balaban J connectivity index is 1.35. The molecule has 3 aromatic rings. The number of benzene rings is 1. The molecule has 0 fully saturated rings. The van der Waals surface area contributed by atoms with Crippen LogP contribution in [0.2, 0.25) is 0 Å². The van der Waals surface area contributed by atoms with Crippen molar-refractivity contribution >= 4 is 44.9 Å². The van der Waals surface area contributed by atoms with E-state index < -0.39 is 0 Å². The molecule has 25 heavy (non-hydrogen) atoms. The minimum Gasteiger partial charge on any atom is -0.355 e. The van der Waals surface area contributed by atoms with Crippen molar-refractivity contribution in [3.63, 3.8) is 0 Å². The average molecular weight is 438 g/mol. The van der Waals surface area contributed by atoms with E-state index in [0.717, 1.165) is 15.1 Å². The van der Waals surface area contributed by atoms with E-state index in [1.807, 2.05) is 29.6 Å². The predicted molar refractivity (Wildman–Crippen MR) is 104 cm³/mol. The Labute approximate surface area is 162 Å². The molecule has 0 saturated heterocycles. The molecule has 1 aromatic carbocycles. The fourth-order valence-electron chi connectivity index (χ4n) is 2.06. The van der Waals surface area contributed by atoms with Gasteiger partial charge in [0, 0.05) is 34.5 Å². The van der Waals surface area contributed by atoms with Gasteiger partial charge in [0.25, 0.3) is 0 Å². The average Bonchev–Trinajstić information content (AvgIpc) is 3.29. The van der Waals surface area contributed by atoms with Gasteiger partial charge in [-0.15, -0.1) is 23.1 Å². The van der Waals surface area contributed by atoms with E-state index in [-0.39, 0.29) is 5.91 Å². The molecule has 0 unspecified atom stereocenters. The molecule has 1 N–H and O–H groups in total. The molecule has 0 atom stereocenters. The largest absolute Gasteiger partial charge is 0.355 e. The SMILES string of the molecule is O=C(CCc1nc(-c2cccs2)no1)NCCSc1ccc(Br)cc1. The number of carbonyl (C=O) groups is 1. The normalized spacial score (nSPS) is 10.8. The first-order valence-corrected chi connectivity index (χ1v) is 10.4. The van der Waals surface area contributed by atoms with Crippen LogP contribution in [0.25, 0.3) is 10.7 Å². The molecule has 0 aliphatic heterocycles. The van der Waals surface area contributed by atoms with Crippen molar-refractivity contribution in [2.24, 2.45) is 0 Å². The maximum atomic E-state index is 11.9. The van der Waals surface area contributed by atoms with Gasteiger partial charge < -0.3 is 9.84 Å². The molecular formula is C17H16BrN3O2S2. The number of carbonyl (C=O) groups excluding carboxylic acids is 1.